The second-order valence-electron chi connectivity index (χ2n) is 6.45. The molecule has 0 saturated carbocycles. The van der Waals surface area contributed by atoms with Gasteiger partial charge >= 0.3 is 0 Å². The van der Waals surface area contributed by atoms with Crippen molar-refractivity contribution in [2.45, 2.75) is 45.3 Å². The van der Waals surface area contributed by atoms with E-state index in [0.717, 1.165) is 6.04 Å². The molecule has 22 heavy (non-hydrogen) atoms. The summed E-state index contributed by atoms with van der Waals surface area (Å²) in [6.45, 7) is 7.54. The molecular formula is C14H21F2N3O2Si. The molecule has 0 aliphatic heterocycles. The minimum atomic E-state index is -2.50. The van der Waals surface area contributed by atoms with Gasteiger partial charge in [-0.05, 0) is 12.1 Å². The van der Waals surface area contributed by atoms with Gasteiger partial charge in [-0.2, -0.15) is 5.10 Å². The molecule has 0 aromatic carbocycles. The molecule has 2 aromatic rings. The van der Waals surface area contributed by atoms with Crippen LogP contribution in [0.15, 0.2) is 12.3 Å². The SMILES string of the molecule is C[Si](C)(C)CCOCn1nc(CC(F)F)c2cc(O)cnc21. The zero-order chi connectivity index (χ0) is 16.3. The molecule has 0 saturated heterocycles. The fourth-order valence-corrected chi connectivity index (χ4v) is 2.78. The van der Waals surface area contributed by atoms with Gasteiger partial charge in [-0.1, -0.05) is 19.6 Å². The molecule has 0 atom stereocenters. The molecule has 0 aliphatic carbocycles. The Hall–Kier alpha value is -1.54. The summed E-state index contributed by atoms with van der Waals surface area (Å²) < 4.78 is 32.3. The van der Waals surface area contributed by atoms with Crippen molar-refractivity contribution < 1.29 is 18.6 Å². The number of hydrogen-bond acceptors (Lipinski definition) is 4. The molecule has 2 heterocycles. The Balaban J connectivity index is 2.15. The van der Waals surface area contributed by atoms with Crippen molar-refractivity contribution in [2.75, 3.05) is 6.61 Å². The molecule has 5 nitrogen and oxygen atoms in total. The summed E-state index contributed by atoms with van der Waals surface area (Å²) in [7, 11) is -1.18. The summed E-state index contributed by atoms with van der Waals surface area (Å²) in [5.74, 6) is -0.0674. The average molecular weight is 329 g/mol. The Labute approximate surface area is 128 Å². The maximum absolute atomic E-state index is 12.6. The van der Waals surface area contributed by atoms with Crippen LogP contribution < -0.4 is 0 Å². The zero-order valence-corrected chi connectivity index (χ0v) is 14.0. The van der Waals surface area contributed by atoms with Gasteiger partial charge in [0.15, 0.2) is 5.65 Å². The van der Waals surface area contributed by atoms with Gasteiger partial charge in [0, 0.05) is 20.1 Å². The lowest BCUT2D eigenvalue weighted by Gasteiger charge is -2.15. The monoisotopic (exact) mass is 329 g/mol. The third-order valence-electron chi connectivity index (χ3n) is 3.21. The van der Waals surface area contributed by atoms with E-state index in [2.05, 4.69) is 29.7 Å². The van der Waals surface area contributed by atoms with Gasteiger partial charge < -0.3 is 9.84 Å². The Kier molecular flexibility index (Phi) is 5.12. The van der Waals surface area contributed by atoms with Crippen LogP contribution in [-0.2, 0) is 17.9 Å². The number of ether oxygens (including phenoxy) is 1. The predicted octanol–water partition coefficient (Wildman–Crippen LogP) is 3.26. The highest BCUT2D eigenvalue weighted by molar-refractivity contribution is 6.76. The van der Waals surface area contributed by atoms with E-state index < -0.39 is 20.9 Å². The van der Waals surface area contributed by atoms with E-state index in [1.165, 1.54) is 16.9 Å². The molecule has 8 heteroatoms. The van der Waals surface area contributed by atoms with Gasteiger partial charge in [0.1, 0.15) is 12.5 Å². The smallest absolute Gasteiger partial charge is 0.244 e. The first kappa shape index (κ1) is 16.8. The number of aromatic hydroxyl groups is 1. The topological polar surface area (TPSA) is 60.2 Å². The van der Waals surface area contributed by atoms with E-state index in [1.807, 2.05) is 0 Å². The average Bonchev–Trinajstić information content (AvgIpc) is 2.70. The highest BCUT2D eigenvalue weighted by atomic mass is 28.3. The van der Waals surface area contributed by atoms with Gasteiger partial charge in [-0.25, -0.2) is 18.4 Å². The molecule has 122 valence electrons. The molecule has 0 radical (unpaired) electrons. The summed E-state index contributed by atoms with van der Waals surface area (Å²) in [4.78, 5) is 4.07. The van der Waals surface area contributed by atoms with Crippen LogP contribution in [0, 0.1) is 0 Å². The lowest BCUT2D eigenvalue weighted by molar-refractivity contribution is 0.0803. The Bertz CT molecular complexity index is 641. The van der Waals surface area contributed by atoms with Crippen molar-refractivity contribution in [1.29, 1.82) is 0 Å². The van der Waals surface area contributed by atoms with Crippen LogP contribution in [0.2, 0.25) is 25.7 Å². The molecule has 1 N–H and O–H groups in total. The van der Waals surface area contributed by atoms with Gasteiger partial charge in [0.2, 0.25) is 6.43 Å². The largest absolute Gasteiger partial charge is 0.506 e. The van der Waals surface area contributed by atoms with Crippen LogP contribution in [0.25, 0.3) is 11.0 Å². The molecule has 0 bridgehead atoms. The minimum Gasteiger partial charge on any atom is -0.506 e. The molecule has 0 fully saturated rings. The first-order valence-corrected chi connectivity index (χ1v) is 10.9. The molecule has 0 aliphatic rings. The molecular weight excluding hydrogens is 308 g/mol. The lowest BCUT2D eigenvalue weighted by Crippen LogP contribution is -2.22. The fraction of sp³-hybridized carbons (Fsp3) is 0.571. The summed E-state index contributed by atoms with van der Waals surface area (Å²) in [5.41, 5.74) is 0.670. The van der Waals surface area contributed by atoms with Gasteiger partial charge in [-0.3, -0.25) is 0 Å². The van der Waals surface area contributed by atoms with Crippen LogP contribution >= 0.6 is 0 Å². The Morgan fingerprint density at radius 3 is 2.73 bits per heavy atom. The van der Waals surface area contributed by atoms with Crippen molar-refractivity contribution >= 4 is 19.1 Å². The van der Waals surface area contributed by atoms with E-state index in [9.17, 15) is 13.9 Å². The highest BCUT2D eigenvalue weighted by Crippen LogP contribution is 2.23. The van der Waals surface area contributed by atoms with Crippen LogP contribution in [0.4, 0.5) is 8.78 Å². The predicted molar refractivity (Wildman–Crippen MR) is 83.0 cm³/mol. The second-order valence-corrected chi connectivity index (χ2v) is 12.1. The van der Waals surface area contributed by atoms with Crippen molar-refractivity contribution in [3.63, 3.8) is 0 Å². The number of hydrogen-bond donors (Lipinski definition) is 1. The van der Waals surface area contributed by atoms with E-state index >= 15 is 0 Å². The Morgan fingerprint density at radius 2 is 2.09 bits per heavy atom. The molecule has 0 amide bonds. The van der Waals surface area contributed by atoms with Crippen LogP contribution in [0.1, 0.15) is 5.69 Å². The van der Waals surface area contributed by atoms with Crippen LogP contribution in [-0.4, -0.2) is 41.0 Å². The highest BCUT2D eigenvalue weighted by Gasteiger charge is 2.17. The third kappa shape index (κ3) is 4.47. The standard InChI is InChI=1S/C14H21F2N3O2Si/c1-22(2,3)5-4-21-9-19-14-11(6-10(20)8-17-14)12(18-19)7-13(15)16/h6,8,13,20H,4-5,7,9H2,1-3H3. The number of rotatable bonds is 7. The number of fused-ring (bicyclic) bond motifs is 1. The number of alkyl halides is 2. The second kappa shape index (κ2) is 6.70. The first-order chi connectivity index (χ1) is 10.3. The van der Waals surface area contributed by atoms with Crippen LogP contribution in [0.3, 0.4) is 0 Å². The summed E-state index contributed by atoms with van der Waals surface area (Å²) in [6.07, 6.45) is -1.69. The minimum absolute atomic E-state index is 0.0674. The summed E-state index contributed by atoms with van der Waals surface area (Å²) in [6, 6.07) is 2.43. The van der Waals surface area contributed by atoms with E-state index in [4.69, 9.17) is 4.74 Å². The number of nitrogens with zero attached hydrogens (tertiary/aromatic N) is 3. The van der Waals surface area contributed by atoms with Crippen LogP contribution in [0.5, 0.6) is 5.75 Å². The number of pyridine rings is 1. The number of halogens is 2. The fourth-order valence-electron chi connectivity index (χ4n) is 2.03. The van der Waals surface area contributed by atoms with Crippen molar-refractivity contribution in [3.8, 4) is 5.75 Å². The lowest BCUT2D eigenvalue weighted by atomic mass is 10.2. The number of aromatic nitrogens is 3. The van der Waals surface area contributed by atoms with Gasteiger partial charge in [0.25, 0.3) is 0 Å². The quantitative estimate of drug-likeness (QED) is 0.626. The summed E-state index contributed by atoms with van der Waals surface area (Å²) >= 11 is 0. The van der Waals surface area contributed by atoms with Gasteiger partial charge in [0.05, 0.1) is 18.3 Å². The van der Waals surface area contributed by atoms with E-state index in [-0.39, 0.29) is 18.2 Å². The maximum Gasteiger partial charge on any atom is 0.244 e. The zero-order valence-electron chi connectivity index (χ0n) is 13.0. The van der Waals surface area contributed by atoms with Crippen molar-refractivity contribution in [1.82, 2.24) is 14.8 Å². The Morgan fingerprint density at radius 1 is 1.36 bits per heavy atom. The van der Waals surface area contributed by atoms with Gasteiger partial charge in [-0.15, -0.1) is 0 Å². The normalized spacial score (nSPS) is 12.5. The molecule has 0 spiro atoms. The maximum atomic E-state index is 12.6. The first-order valence-electron chi connectivity index (χ1n) is 7.16. The summed E-state index contributed by atoms with van der Waals surface area (Å²) in [5, 5.41) is 14.1. The third-order valence-corrected chi connectivity index (χ3v) is 4.91. The molecule has 0 unspecified atom stereocenters. The van der Waals surface area contributed by atoms with E-state index in [0.29, 0.717) is 17.6 Å². The molecule has 2 rings (SSSR count). The van der Waals surface area contributed by atoms with E-state index in [1.54, 1.807) is 0 Å². The molecule has 2 aromatic heterocycles. The van der Waals surface area contributed by atoms with Crippen molar-refractivity contribution in [3.05, 3.63) is 18.0 Å². The van der Waals surface area contributed by atoms with Crippen molar-refractivity contribution in [2.24, 2.45) is 0 Å².